The highest BCUT2D eigenvalue weighted by Crippen LogP contribution is 2.21. The molecule has 0 aliphatic heterocycles. The topological polar surface area (TPSA) is 59.2 Å². The number of aromatic nitrogens is 2. The Morgan fingerprint density at radius 2 is 2.16 bits per heavy atom. The first kappa shape index (κ1) is 14.2. The molecule has 0 aliphatic rings. The highest BCUT2D eigenvalue weighted by Gasteiger charge is 2.14. The van der Waals surface area contributed by atoms with E-state index < -0.39 is 6.10 Å². The van der Waals surface area contributed by atoms with Gasteiger partial charge >= 0.3 is 0 Å². The monoisotopic (exact) mass is 324 g/mol. The molecule has 2 rings (SSSR count). The van der Waals surface area contributed by atoms with E-state index in [0.29, 0.717) is 24.1 Å². The van der Waals surface area contributed by atoms with Gasteiger partial charge in [0.1, 0.15) is 0 Å². The molecule has 1 unspecified atom stereocenters. The van der Waals surface area contributed by atoms with E-state index in [0.717, 1.165) is 16.5 Å². The molecule has 1 heterocycles. The first-order valence-electron chi connectivity index (χ1n) is 6.31. The molecule has 0 aliphatic carbocycles. The van der Waals surface area contributed by atoms with Crippen molar-refractivity contribution in [3.63, 3.8) is 0 Å². The van der Waals surface area contributed by atoms with Crippen molar-refractivity contribution in [1.82, 2.24) is 10.1 Å². The lowest BCUT2D eigenvalue weighted by Gasteiger charge is -2.09. The van der Waals surface area contributed by atoms with Gasteiger partial charge in [0.05, 0.1) is 12.5 Å². The maximum Gasteiger partial charge on any atom is 0.229 e. The van der Waals surface area contributed by atoms with Crippen LogP contribution in [0.3, 0.4) is 0 Å². The second-order valence-corrected chi connectivity index (χ2v) is 5.93. The molecule has 0 fully saturated rings. The van der Waals surface area contributed by atoms with Crippen molar-refractivity contribution in [3.8, 4) is 11.4 Å². The molecular weight excluding hydrogens is 308 g/mol. The number of halogens is 1. The highest BCUT2D eigenvalue weighted by molar-refractivity contribution is 9.10. The number of hydrogen-bond donors (Lipinski definition) is 1. The second-order valence-electron chi connectivity index (χ2n) is 5.01. The van der Waals surface area contributed by atoms with Crippen LogP contribution in [0.2, 0.25) is 0 Å². The summed E-state index contributed by atoms with van der Waals surface area (Å²) in [5, 5.41) is 13.8. The standard InChI is InChI=1S/C14H17BrN2O2/c1-9(2)6-12(18)8-13-16-14(17-19-13)10-4-3-5-11(15)7-10/h3-5,7,9,12,18H,6,8H2,1-2H3. The first-order chi connectivity index (χ1) is 9.04. The minimum absolute atomic E-state index is 0.402. The molecule has 4 nitrogen and oxygen atoms in total. The molecule has 1 N–H and O–H groups in total. The maximum absolute atomic E-state index is 9.86. The molecule has 0 amide bonds. The van der Waals surface area contributed by atoms with E-state index in [4.69, 9.17) is 4.52 Å². The van der Waals surface area contributed by atoms with Gasteiger partial charge in [0.15, 0.2) is 0 Å². The summed E-state index contributed by atoms with van der Waals surface area (Å²) in [7, 11) is 0. The summed E-state index contributed by atoms with van der Waals surface area (Å²) in [6, 6.07) is 7.71. The largest absolute Gasteiger partial charge is 0.393 e. The average molecular weight is 325 g/mol. The number of hydrogen-bond acceptors (Lipinski definition) is 4. The summed E-state index contributed by atoms with van der Waals surface area (Å²) in [6.07, 6.45) is 0.698. The van der Waals surface area contributed by atoms with Crippen LogP contribution in [0.25, 0.3) is 11.4 Å². The van der Waals surface area contributed by atoms with E-state index >= 15 is 0 Å². The van der Waals surface area contributed by atoms with Gasteiger partial charge in [0, 0.05) is 10.0 Å². The van der Waals surface area contributed by atoms with E-state index in [2.05, 4.69) is 39.9 Å². The van der Waals surface area contributed by atoms with Gasteiger partial charge in [-0.05, 0) is 24.5 Å². The van der Waals surface area contributed by atoms with Crippen LogP contribution in [0.15, 0.2) is 33.3 Å². The predicted octanol–water partition coefficient (Wildman–Crippen LogP) is 3.45. The fourth-order valence-electron chi connectivity index (χ4n) is 1.91. The number of rotatable bonds is 5. The average Bonchev–Trinajstić information content (AvgIpc) is 2.76. The molecule has 5 heteroatoms. The third-order valence-corrected chi connectivity index (χ3v) is 3.20. The number of aliphatic hydroxyl groups is 1. The molecule has 2 aromatic rings. The van der Waals surface area contributed by atoms with Gasteiger partial charge in [-0.3, -0.25) is 0 Å². The summed E-state index contributed by atoms with van der Waals surface area (Å²) in [5.41, 5.74) is 0.891. The van der Waals surface area contributed by atoms with Crippen LogP contribution in [-0.2, 0) is 6.42 Å². The van der Waals surface area contributed by atoms with Crippen molar-refractivity contribution in [2.75, 3.05) is 0 Å². The fraction of sp³-hybridized carbons (Fsp3) is 0.429. The Morgan fingerprint density at radius 1 is 1.37 bits per heavy atom. The Balaban J connectivity index is 2.07. The zero-order chi connectivity index (χ0) is 13.8. The van der Waals surface area contributed by atoms with Gasteiger partial charge in [-0.2, -0.15) is 4.98 Å². The van der Waals surface area contributed by atoms with Gasteiger partial charge in [0.2, 0.25) is 11.7 Å². The van der Waals surface area contributed by atoms with Crippen LogP contribution in [0.4, 0.5) is 0 Å². The third-order valence-electron chi connectivity index (χ3n) is 2.70. The zero-order valence-electron chi connectivity index (χ0n) is 11.0. The summed E-state index contributed by atoms with van der Waals surface area (Å²) in [6.45, 7) is 4.15. The number of benzene rings is 1. The summed E-state index contributed by atoms with van der Waals surface area (Å²) in [5.74, 6) is 1.47. The highest BCUT2D eigenvalue weighted by atomic mass is 79.9. The minimum Gasteiger partial charge on any atom is -0.393 e. The normalized spacial score (nSPS) is 12.9. The van der Waals surface area contributed by atoms with Crippen molar-refractivity contribution < 1.29 is 9.63 Å². The van der Waals surface area contributed by atoms with Gasteiger partial charge in [0.25, 0.3) is 0 Å². The Kier molecular flexibility index (Phi) is 4.71. The molecule has 0 spiro atoms. The van der Waals surface area contributed by atoms with Gasteiger partial charge in [-0.25, -0.2) is 0 Å². The minimum atomic E-state index is -0.434. The second kappa shape index (κ2) is 6.30. The van der Waals surface area contributed by atoms with E-state index in [-0.39, 0.29) is 0 Å². The quantitative estimate of drug-likeness (QED) is 0.915. The molecule has 0 saturated heterocycles. The molecule has 1 atom stereocenters. The first-order valence-corrected chi connectivity index (χ1v) is 7.10. The summed E-state index contributed by atoms with van der Waals surface area (Å²) >= 11 is 3.41. The van der Waals surface area contributed by atoms with Crippen molar-refractivity contribution in [2.24, 2.45) is 5.92 Å². The van der Waals surface area contributed by atoms with Crippen molar-refractivity contribution in [2.45, 2.75) is 32.8 Å². The van der Waals surface area contributed by atoms with Crippen molar-refractivity contribution in [3.05, 3.63) is 34.6 Å². The molecule has 0 bridgehead atoms. The van der Waals surface area contributed by atoms with E-state index in [1.54, 1.807) is 0 Å². The number of aliphatic hydroxyl groups excluding tert-OH is 1. The Labute approximate surface area is 121 Å². The molecule has 0 radical (unpaired) electrons. The van der Waals surface area contributed by atoms with Crippen LogP contribution in [0.1, 0.15) is 26.2 Å². The van der Waals surface area contributed by atoms with Gasteiger partial charge in [-0.15, -0.1) is 0 Å². The molecule has 102 valence electrons. The maximum atomic E-state index is 9.86. The molecule has 1 aromatic heterocycles. The van der Waals surface area contributed by atoms with E-state index in [1.807, 2.05) is 24.3 Å². The Morgan fingerprint density at radius 3 is 2.84 bits per heavy atom. The lowest BCUT2D eigenvalue weighted by molar-refractivity contribution is 0.138. The molecule has 19 heavy (non-hydrogen) atoms. The molecular formula is C14H17BrN2O2. The Bertz CT molecular complexity index is 540. The van der Waals surface area contributed by atoms with Crippen LogP contribution in [0, 0.1) is 5.92 Å². The van der Waals surface area contributed by atoms with Gasteiger partial charge in [-0.1, -0.05) is 47.1 Å². The van der Waals surface area contributed by atoms with Crippen LogP contribution in [0.5, 0.6) is 0 Å². The Hall–Kier alpha value is -1.20. The van der Waals surface area contributed by atoms with E-state index in [1.165, 1.54) is 0 Å². The number of nitrogens with zero attached hydrogens (tertiary/aromatic N) is 2. The predicted molar refractivity (Wildman–Crippen MR) is 76.6 cm³/mol. The molecule has 1 aromatic carbocycles. The van der Waals surface area contributed by atoms with Crippen LogP contribution in [-0.4, -0.2) is 21.4 Å². The lowest BCUT2D eigenvalue weighted by atomic mass is 10.0. The van der Waals surface area contributed by atoms with E-state index in [9.17, 15) is 5.11 Å². The van der Waals surface area contributed by atoms with Crippen molar-refractivity contribution >= 4 is 15.9 Å². The van der Waals surface area contributed by atoms with Crippen molar-refractivity contribution in [1.29, 1.82) is 0 Å². The lowest BCUT2D eigenvalue weighted by Crippen LogP contribution is -2.13. The van der Waals surface area contributed by atoms with Crippen LogP contribution < -0.4 is 0 Å². The third kappa shape index (κ3) is 4.14. The SMILES string of the molecule is CC(C)CC(O)Cc1nc(-c2cccc(Br)c2)no1. The smallest absolute Gasteiger partial charge is 0.229 e. The van der Waals surface area contributed by atoms with Gasteiger partial charge < -0.3 is 9.63 Å². The van der Waals surface area contributed by atoms with Crippen LogP contribution >= 0.6 is 15.9 Å². The summed E-state index contributed by atoms with van der Waals surface area (Å²) in [4.78, 5) is 4.31. The fourth-order valence-corrected chi connectivity index (χ4v) is 2.31. The summed E-state index contributed by atoms with van der Waals surface area (Å²) < 4.78 is 6.14. The molecule has 0 saturated carbocycles. The zero-order valence-corrected chi connectivity index (χ0v) is 12.6.